The molecule has 0 heterocycles. The summed E-state index contributed by atoms with van der Waals surface area (Å²) in [7, 11) is 0. The maximum Gasteiger partial charge on any atom is 0.336 e. The van der Waals surface area contributed by atoms with Crippen LogP contribution in [-0.4, -0.2) is 37.5 Å². The molecule has 0 saturated carbocycles. The SMILES string of the molecule is C=C(CCC(=O)OCOC(=O)C(C)(C)C)C(=O)OCOC(=O)C(C)(C)C. The molecule has 0 atom stereocenters. The van der Waals surface area contributed by atoms with Gasteiger partial charge in [0.2, 0.25) is 13.6 Å². The number of hydrogen-bond acceptors (Lipinski definition) is 8. The molecule has 0 amide bonds. The zero-order valence-corrected chi connectivity index (χ0v) is 16.3. The highest BCUT2D eigenvalue weighted by molar-refractivity contribution is 5.88. The minimum absolute atomic E-state index is 0.00188. The van der Waals surface area contributed by atoms with Crippen molar-refractivity contribution in [2.24, 2.45) is 10.8 Å². The van der Waals surface area contributed by atoms with Crippen LogP contribution in [0.15, 0.2) is 12.2 Å². The number of ether oxygens (including phenoxy) is 4. The van der Waals surface area contributed by atoms with Crippen LogP contribution < -0.4 is 0 Å². The van der Waals surface area contributed by atoms with Crippen LogP contribution in [0.2, 0.25) is 0 Å². The Morgan fingerprint density at radius 1 is 0.692 bits per heavy atom. The summed E-state index contributed by atoms with van der Waals surface area (Å²) in [6, 6.07) is 0. The molecular formula is C18H28O8. The molecule has 0 N–H and O–H groups in total. The van der Waals surface area contributed by atoms with Gasteiger partial charge in [-0.15, -0.1) is 0 Å². The van der Waals surface area contributed by atoms with Gasteiger partial charge in [0.05, 0.1) is 10.8 Å². The second-order valence-electron chi connectivity index (χ2n) is 7.65. The molecule has 8 heteroatoms. The van der Waals surface area contributed by atoms with Gasteiger partial charge < -0.3 is 18.9 Å². The summed E-state index contributed by atoms with van der Waals surface area (Å²) in [6.45, 7) is 12.5. The van der Waals surface area contributed by atoms with Crippen molar-refractivity contribution < 1.29 is 38.1 Å². The lowest BCUT2D eigenvalue weighted by Crippen LogP contribution is -2.25. The van der Waals surface area contributed by atoms with E-state index in [1.54, 1.807) is 41.5 Å². The first kappa shape index (κ1) is 23.6. The number of rotatable bonds is 8. The van der Waals surface area contributed by atoms with E-state index in [9.17, 15) is 19.2 Å². The zero-order chi connectivity index (χ0) is 20.5. The Morgan fingerprint density at radius 2 is 1.12 bits per heavy atom. The normalized spacial score (nSPS) is 11.3. The van der Waals surface area contributed by atoms with Crippen molar-refractivity contribution in [2.45, 2.75) is 54.4 Å². The van der Waals surface area contributed by atoms with E-state index in [1.807, 2.05) is 0 Å². The fourth-order valence-electron chi connectivity index (χ4n) is 1.25. The van der Waals surface area contributed by atoms with Crippen LogP contribution in [0.4, 0.5) is 0 Å². The van der Waals surface area contributed by atoms with Gasteiger partial charge in [-0.05, 0) is 48.0 Å². The summed E-state index contributed by atoms with van der Waals surface area (Å²) < 4.78 is 19.1. The Balaban J connectivity index is 4.02. The summed E-state index contributed by atoms with van der Waals surface area (Å²) in [4.78, 5) is 46.2. The number of esters is 4. The summed E-state index contributed by atoms with van der Waals surface area (Å²) in [5.74, 6) is -2.44. The van der Waals surface area contributed by atoms with Crippen molar-refractivity contribution in [3.05, 3.63) is 12.2 Å². The maximum absolute atomic E-state index is 11.7. The molecule has 0 unspecified atom stereocenters. The van der Waals surface area contributed by atoms with E-state index in [4.69, 9.17) is 18.9 Å². The summed E-state index contributed by atoms with van der Waals surface area (Å²) in [5.41, 5.74) is -1.37. The molecule has 0 saturated heterocycles. The van der Waals surface area contributed by atoms with Crippen LogP contribution in [-0.2, 0) is 38.1 Å². The lowest BCUT2D eigenvalue weighted by atomic mass is 9.97. The van der Waals surface area contributed by atoms with Crippen molar-refractivity contribution in [2.75, 3.05) is 13.6 Å². The molecule has 0 aromatic rings. The van der Waals surface area contributed by atoms with Crippen LogP contribution in [0, 0.1) is 10.8 Å². The average molecular weight is 372 g/mol. The molecule has 0 aromatic carbocycles. The molecule has 8 nitrogen and oxygen atoms in total. The van der Waals surface area contributed by atoms with Gasteiger partial charge in [-0.25, -0.2) is 4.79 Å². The van der Waals surface area contributed by atoms with Gasteiger partial charge >= 0.3 is 23.9 Å². The van der Waals surface area contributed by atoms with E-state index >= 15 is 0 Å². The van der Waals surface area contributed by atoms with Crippen LogP contribution >= 0.6 is 0 Å². The summed E-state index contributed by atoms with van der Waals surface area (Å²) in [5, 5.41) is 0. The second-order valence-corrected chi connectivity index (χ2v) is 7.65. The standard InChI is InChI=1S/C18H28O8/c1-12(14(20)24-11-26-16(22)18(5,6)7)8-9-13(19)23-10-25-15(21)17(2,3)4/h1,8-11H2,2-7H3. The number of carbonyl (C=O) groups is 4. The van der Waals surface area contributed by atoms with Gasteiger partial charge in [0.1, 0.15) is 0 Å². The zero-order valence-electron chi connectivity index (χ0n) is 16.3. The molecule has 0 spiro atoms. The van der Waals surface area contributed by atoms with Gasteiger partial charge in [-0.2, -0.15) is 0 Å². The first-order valence-corrected chi connectivity index (χ1v) is 8.10. The van der Waals surface area contributed by atoms with Crippen molar-refractivity contribution in [1.29, 1.82) is 0 Å². The van der Waals surface area contributed by atoms with E-state index in [0.717, 1.165) is 0 Å². The van der Waals surface area contributed by atoms with Crippen molar-refractivity contribution >= 4 is 23.9 Å². The largest absolute Gasteiger partial charge is 0.428 e. The third kappa shape index (κ3) is 9.80. The Kier molecular flexibility index (Phi) is 9.03. The minimum atomic E-state index is -0.779. The lowest BCUT2D eigenvalue weighted by Gasteiger charge is -2.16. The van der Waals surface area contributed by atoms with Crippen LogP contribution in [0.3, 0.4) is 0 Å². The first-order valence-electron chi connectivity index (χ1n) is 8.10. The molecule has 0 radical (unpaired) electrons. The van der Waals surface area contributed by atoms with E-state index < -0.39 is 48.3 Å². The lowest BCUT2D eigenvalue weighted by molar-refractivity contribution is -0.173. The molecule has 0 bridgehead atoms. The Bertz CT molecular complexity index is 549. The van der Waals surface area contributed by atoms with Crippen molar-refractivity contribution in [3.8, 4) is 0 Å². The molecule has 0 aliphatic rings. The predicted molar refractivity (Wildman–Crippen MR) is 91.4 cm³/mol. The molecule has 26 heavy (non-hydrogen) atoms. The Hall–Kier alpha value is -2.38. The molecular weight excluding hydrogens is 344 g/mol. The molecule has 0 fully saturated rings. The highest BCUT2D eigenvalue weighted by Crippen LogP contribution is 2.16. The van der Waals surface area contributed by atoms with Gasteiger partial charge in [-0.1, -0.05) is 6.58 Å². The quantitative estimate of drug-likeness (QED) is 0.363. The Morgan fingerprint density at radius 3 is 1.54 bits per heavy atom. The third-order valence-corrected chi connectivity index (χ3v) is 2.93. The smallest absolute Gasteiger partial charge is 0.336 e. The molecule has 0 aliphatic carbocycles. The maximum atomic E-state index is 11.7. The van der Waals surface area contributed by atoms with Crippen molar-refractivity contribution in [1.82, 2.24) is 0 Å². The Labute approximate surface area is 153 Å². The highest BCUT2D eigenvalue weighted by Gasteiger charge is 2.24. The molecule has 0 rings (SSSR count). The van der Waals surface area contributed by atoms with Crippen LogP contribution in [0.1, 0.15) is 54.4 Å². The monoisotopic (exact) mass is 372 g/mol. The molecule has 0 aliphatic heterocycles. The minimum Gasteiger partial charge on any atom is -0.428 e. The van der Waals surface area contributed by atoms with E-state index in [0.29, 0.717) is 0 Å². The fraction of sp³-hybridized carbons (Fsp3) is 0.667. The topological polar surface area (TPSA) is 105 Å². The van der Waals surface area contributed by atoms with Crippen molar-refractivity contribution in [3.63, 3.8) is 0 Å². The molecule has 0 aromatic heterocycles. The first-order chi connectivity index (χ1) is 11.7. The van der Waals surface area contributed by atoms with E-state index in [1.165, 1.54) is 0 Å². The summed E-state index contributed by atoms with van der Waals surface area (Å²) in [6.07, 6.45) is -0.138. The highest BCUT2D eigenvalue weighted by atomic mass is 16.7. The van der Waals surface area contributed by atoms with Gasteiger partial charge in [0.25, 0.3) is 0 Å². The van der Waals surface area contributed by atoms with Crippen LogP contribution in [0.5, 0.6) is 0 Å². The summed E-state index contributed by atoms with van der Waals surface area (Å²) >= 11 is 0. The number of carbonyl (C=O) groups excluding carboxylic acids is 4. The van der Waals surface area contributed by atoms with Gasteiger partial charge in [0, 0.05) is 12.0 Å². The van der Waals surface area contributed by atoms with Gasteiger partial charge in [-0.3, -0.25) is 14.4 Å². The van der Waals surface area contributed by atoms with Crippen LogP contribution in [0.25, 0.3) is 0 Å². The number of hydrogen-bond donors (Lipinski definition) is 0. The average Bonchev–Trinajstić information content (AvgIpc) is 2.50. The third-order valence-electron chi connectivity index (χ3n) is 2.93. The van der Waals surface area contributed by atoms with Gasteiger partial charge in [0.15, 0.2) is 0 Å². The van der Waals surface area contributed by atoms with E-state index in [-0.39, 0.29) is 18.4 Å². The molecule has 148 valence electrons. The predicted octanol–water partition coefficient (Wildman–Crippen LogP) is 2.50. The van der Waals surface area contributed by atoms with E-state index in [2.05, 4.69) is 6.58 Å². The fourth-order valence-corrected chi connectivity index (χ4v) is 1.25. The second kappa shape index (κ2) is 9.94.